The van der Waals surface area contributed by atoms with E-state index in [1.807, 2.05) is 20.8 Å². The number of terminal acetylenes is 1. The van der Waals surface area contributed by atoms with Crippen molar-refractivity contribution in [1.82, 2.24) is 29.5 Å². The van der Waals surface area contributed by atoms with E-state index in [1.54, 1.807) is 25.1 Å². The van der Waals surface area contributed by atoms with Gasteiger partial charge < -0.3 is 9.30 Å². The van der Waals surface area contributed by atoms with Gasteiger partial charge in [0.05, 0.1) is 34.9 Å². The highest BCUT2D eigenvalue weighted by Crippen LogP contribution is 2.45. The van der Waals surface area contributed by atoms with E-state index in [9.17, 15) is 0 Å². The molecule has 5 aromatic rings. The second-order valence-corrected chi connectivity index (χ2v) is 9.26. The van der Waals surface area contributed by atoms with Crippen LogP contribution in [0.4, 0.5) is 4.39 Å². The van der Waals surface area contributed by atoms with Crippen LogP contribution in [0.2, 0.25) is 0 Å². The lowest BCUT2D eigenvalue weighted by molar-refractivity contribution is 0.410. The lowest BCUT2D eigenvalue weighted by atomic mass is 9.49. The Hall–Kier alpha value is -4.45. The van der Waals surface area contributed by atoms with Crippen LogP contribution in [0.1, 0.15) is 28.3 Å². The summed E-state index contributed by atoms with van der Waals surface area (Å²) in [4.78, 5) is 21.6. The van der Waals surface area contributed by atoms with Crippen molar-refractivity contribution in [3.05, 3.63) is 77.0 Å². The minimum Gasteiger partial charge on any atom is -0.421 e. The Balaban J connectivity index is 1.82. The number of rotatable bonds is 5. The van der Waals surface area contributed by atoms with E-state index in [0.29, 0.717) is 56.2 Å². The summed E-state index contributed by atoms with van der Waals surface area (Å²) in [5.74, 6) is 1.89. The molecule has 11 heteroatoms. The van der Waals surface area contributed by atoms with Crippen LogP contribution in [0, 0.1) is 45.9 Å². The number of nitrogens with zero attached hydrogens (tertiary/aromatic N) is 6. The minimum atomic E-state index is -1.87. The van der Waals surface area contributed by atoms with Crippen LogP contribution in [0.25, 0.3) is 33.4 Å². The molecular weight excluding hydrogens is 488 g/mol. The van der Waals surface area contributed by atoms with Crippen molar-refractivity contribution < 1.29 is 9.13 Å². The predicted molar refractivity (Wildman–Crippen MR) is 150 cm³/mol. The predicted octanol–water partition coefficient (Wildman–Crippen LogP) is 4.17. The van der Waals surface area contributed by atoms with E-state index in [4.69, 9.17) is 34.7 Å². The Bertz CT molecular complexity index is 1780. The van der Waals surface area contributed by atoms with Gasteiger partial charge in [-0.1, -0.05) is 17.2 Å². The maximum absolute atomic E-state index is 15.5. The van der Waals surface area contributed by atoms with E-state index in [-0.39, 0.29) is 11.8 Å². The summed E-state index contributed by atoms with van der Waals surface area (Å²) in [5.41, 5.74) is 5.83. The van der Waals surface area contributed by atoms with Crippen LogP contribution in [0.5, 0.6) is 11.8 Å². The quantitative estimate of drug-likeness (QED) is 0.262. The molecule has 4 aromatic heterocycles. The van der Waals surface area contributed by atoms with Gasteiger partial charge in [-0.25, -0.2) is 29.3 Å². The molecule has 4 heterocycles. The number of ether oxygens (including phenoxy) is 1. The van der Waals surface area contributed by atoms with E-state index in [1.165, 1.54) is 29.2 Å². The van der Waals surface area contributed by atoms with Gasteiger partial charge in [-0.2, -0.15) is 0 Å². The number of halogens is 1. The number of aromatic nitrogens is 6. The topological polar surface area (TPSA) is 78.6 Å². The Morgan fingerprint density at radius 2 is 1.72 bits per heavy atom. The summed E-state index contributed by atoms with van der Waals surface area (Å²) in [7, 11) is 18.9. The number of hydrogen-bond acceptors (Lipinski definition) is 6. The van der Waals surface area contributed by atoms with E-state index >= 15 is 4.39 Å². The van der Waals surface area contributed by atoms with Crippen molar-refractivity contribution in [2.75, 3.05) is 0 Å². The van der Waals surface area contributed by atoms with Crippen LogP contribution in [-0.4, -0.2) is 53.0 Å². The first-order valence-corrected chi connectivity index (χ1v) is 11.9. The zero-order chi connectivity index (χ0) is 28.1. The molecule has 0 atom stereocenters. The molecule has 0 aliphatic carbocycles. The van der Waals surface area contributed by atoms with Gasteiger partial charge in [0.2, 0.25) is 0 Å². The summed E-state index contributed by atoms with van der Waals surface area (Å²) in [6.07, 6.45) is 8.55. The molecule has 0 spiro atoms. The summed E-state index contributed by atoms with van der Waals surface area (Å²) in [5, 5.41) is -1.27. The Labute approximate surface area is 229 Å². The molecule has 0 amide bonds. The van der Waals surface area contributed by atoms with Gasteiger partial charge in [-0.15, -0.1) is 6.42 Å². The maximum Gasteiger partial charge on any atom is 0.322 e. The first-order valence-electron chi connectivity index (χ1n) is 11.9. The first kappa shape index (κ1) is 26.2. The minimum absolute atomic E-state index is 0.0355. The Morgan fingerprint density at radius 1 is 0.949 bits per heavy atom. The van der Waals surface area contributed by atoms with Gasteiger partial charge in [-0.05, 0) is 63.1 Å². The second-order valence-electron chi connectivity index (χ2n) is 9.26. The molecule has 0 aliphatic heterocycles. The van der Waals surface area contributed by atoms with Gasteiger partial charge in [0, 0.05) is 34.1 Å². The van der Waals surface area contributed by atoms with Gasteiger partial charge in [0.25, 0.3) is 0 Å². The fourth-order valence-electron chi connectivity index (χ4n) is 4.73. The molecule has 5 rings (SSSR count). The third kappa shape index (κ3) is 4.67. The van der Waals surface area contributed by atoms with Crippen LogP contribution < -0.4 is 4.74 Å². The van der Waals surface area contributed by atoms with Crippen molar-refractivity contribution in [3.63, 3.8) is 0 Å². The SMILES string of the molecule is [B]C([B])([B])n1c(-c2c(C)cc(C#C)nc2C)c(-c2ccc(Oc3nccc(C)n3)c(F)c2)c2c(C)ncnc21. The molecule has 39 heavy (non-hydrogen) atoms. The summed E-state index contributed by atoms with van der Waals surface area (Å²) < 4.78 is 22.7. The lowest BCUT2D eigenvalue weighted by Crippen LogP contribution is -2.36. The van der Waals surface area contributed by atoms with Crippen LogP contribution >= 0.6 is 0 Å². The number of benzene rings is 1. The number of hydrogen-bond donors (Lipinski definition) is 0. The Kier molecular flexibility index (Phi) is 6.51. The zero-order valence-electron chi connectivity index (χ0n) is 21.8. The molecule has 0 N–H and O–H groups in total. The molecule has 0 saturated carbocycles. The molecule has 0 bridgehead atoms. The van der Waals surface area contributed by atoms with Gasteiger partial charge >= 0.3 is 6.01 Å². The molecule has 184 valence electrons. The normalized spacial score (nSPS) is 11.5. The average molecular weight is 508 g/mol. The highest BCUT2D eigenvalue weighted by Gasteiger charge is 2.30. The maximum atomic E-state index is 15.5. The number of pyridine rings is 1. The lowest BCUT2D eigenvalue weighted by Gasteiger charge is -2.28. The van der Waals surface area contributed by atoms with E-state index in [0.717, 1.165) is 5.56 Å². The molecular formula is C28H20B3FN6O. The molecule has 0 aliphatic rings. The van der Waals surface area contributed by atoms with Gasteiger partial charge in [0.15, 0.2) is 11.6 Å². The summed E-state index contributed by atoms with van der Waals surface area (Å²) in [6.45, 7) is 7.31. The molecule has 0 saturated heterocycles. The smallest absolute Gasteiger partial charge is 0.322 e. The highest BCUT2D eigenvalue weighted by molar-refractivity contribution is 6.57. The monoisotopic (exact) mass is 508 g/mol. The highest BCUT2D eigenvalue weighted by atomic mass is 19.1. The van der Waals surface area contributed by atoms with Crippen LogP contribution in [-0.2, 0) is 5.24 Å². The molecule has 6 radical (unpaired) electrons. The molecule has 0 unspecified atom stereocenters. The molecule has 7 nitrogen and oxygen atoms in total. The fourth-order valence-corrected chi connectivity index (χ4v) is 4.73. The van der Waals surface area contributed by atoms with E-state index < -0.39 is 11.1 Å². The molecule has 1 aromatic carbocycles. The first-order chi connectivity index (χ1) is 18.5. The van der Waals surface area contributed by atoms with Crippen molar-refractivity contribution in [2.45, 2.75) is 32.9 Å². The van der Waals surface area contributed by atoms with Crippen molar-refractivity contribution in [3.8, 4) is 46.5 Å². The van der Waals surface area contributed by atoms with Crippen LogP contribution in [0.15, 0.2) is 42.9 Å². The molecule has 0 fully saturated rings. The summed E-state index contributed by atoms with van der Waals surface area (Å²) >= 11 is 0. The van der Waals surface area contributed by atoms with E-state index in [2.05, 4.69) is 30.8 Å². The zero-order valence-corrected chi connectivity index (χ0v) is 21.8. The number of aryl methyl sites for hydroxylation is 4. The van der Waals surface area contributed by atoms with Crippen molar-refractivity contribution >= 4 is 34.6 Å². The standard InChI is InChI=1S/C28H20B3FN6O/c1-6-19-11-14(2)22(17(5)37-19)25-24(23-16(4)34-13-35-26(23)38(25)28(29,30)31)18-7-8-21(20(32)12-18)39-27-33-10-9-15(3)36-27/h1,7-13H,2-5H3. The summed E-state index contributed by atoms with van der Waals surface area (Å²) in [6, 6.07) is 8.09. The second kappa shape index (κ2) is 9.70. The van der Waals surface area contributed by atoms with Gasteiger partial charge in [-0.3, -0.25) is 0 Å². The largest absolute Gasteiger partial charge is 0.421 e. The van der Waals surface area contributed by atoms with Gasteiger partial charge in [0.1, 0.15) is 17.7 Å². The Morgan fingerprint density at radius 3 is 2.36 bits per heavy atom. The number of fused-ring (bicyclic) bond motifs is 1. The fraction of sp³-hybridized carbons (Fsp3) is 0.179. The van der Waals surface area contributed by atoms with Crippen molar-refractivity contribution in [1.29, 1.82) is 0 Å². The third-order valence-electron chi connectivity index (χ3n) is 6.30. The van der Waals surface area contributed by atoms with Crippen LogP contribution in [0.3, 0.4) is 0 Å². The van der Waals surface area contributed by atoms with Crippen molar-refractivity contribution in [2.24, 2.45) is 0 Å². The third-order valence-corrected chi connectivity index (χ3v) is 6.30. The average Bonchev–Trinajstić information content (AvgIpc) is 3.21.